The van der Waals surface area contributed by atoms with Gasteiger partial charge < -0.3 is 16.0 Å². The van der Waals surface area contributed by atoms with Crippen LogP contribution in [0.2, 0.25) is 0 Å². The maximum atomic E-state index is 11.2. The molecule has 0 aromatic carbocycles. The molecule has 0 aliphatic carbocycles. The van der Waals surface area contributed by atoms with Gasteiger partial charge in [0, 0.05) is 43.0 Å². The molecule has 1 aromatic rings. The number of rotatable bonds is 2. The van der Waals surface area contributed by atoms with Crippen molar-refractivity contribution in [2.24, 2.45) is 11.1 Å². The Hall–Kier alpha value is -1.62. The number of pyridine rings is 1. The van der Waals surface area contributed by atoms with E-state index < -0.39 is 5.91 Å². The lowest BCUT2D eigenvalue weighted by Gasteiger charge is -2.41. The number of nitrogens with two attached hydrogens (primary N) is 1. The zero-order valence-electron chi connectivity index (χ0n) is 11.0. The van der Waals surface area contributed by atoms with E-state index in [1.165, 1.54) is 19.3 Å². The molecule has 1 spiro atoms. The van der Waals surface area contributed by atoms with Crippen molar-refractivity contribution in [2.75, 3.05) is 31.1 Å². The number of carbonyl (C=O) groups excluding carboxylic acids is 1. The molecule has 1 amide bonds. The van der Waals surface area contributed by atoms with Gasteiger partial charge in [0.05, 0.1) is 0 Å². The predicted molar refractivity (Wildman–Crippen MR) is 73.0 cm³/mol. The Labute approximate surface area is 113 Å². The number of hydrogen-bond donors (Lipinski definition) is 2. The molecule has 5 nitrogen and oxygen atoms in total. The molecule has 3 rings (SSSR count). The topological polar surface area (TPSA) is 71.2 Å². The molecule has 1 unspecified atom stereocenters. The lowest BCUT2D eigenvalue weighted by Crippen LogP contribution is -2.44. The molecule has 2 saturated heterocycles. The van der Waals surface area contributed by atoms with Crippen LogP contribution in [0.3, 0.4) is 0 Å². The summed E-state index contributed by atoms with van der Waals surface area (Å²) in [7, 11) is 0. The third-order valence-corrected chi connectivity index (χ3v) is 4.25. The number of piperidine rings is 1. The molecular weight excluding hydrogens is 240 g/mol. The van der Waals surface area contributed by atoms with Crippen molar-refractivity contribution in [1.82, 2.24) is 10.3 Å². The van der Waals surface area contributed by atoms with Crippen molar-refractivity contribution in [3.8, 4) is 0 Å². The largest absolute Gasteiger partial charge is 0.370 e. The van der Waals surface area contributed by atoms with Crippen molar-refractivity contribution in [3.05, 3.63) is 24.0 Å². The Morgan fingerprint density at radius 1 is 1.53 bits per heavy atom. The zero-order chi connectivity index (χ0) is 13.3. The summed E-state index contributed by atoms with van der Waals surface area (Å²) in [5.74, 6) is -0.517. The molecule has 1 aromatic heterocycles. The molecule has 3 heterocycles. The van der Waals surface area contributed by atoms with E-state index in [9.17, 15) is 4.79 Å². The van der Waals surface area contributed by atoms with E-state index in [0.717, 1.165) is 31.9 Å². The summed E-state index contributed by atoms with van der Waals surface area (Å²) >= 11 is 0. The van der Waals surface area contributed by atoms with Crippen molar-refractivity contribution < 1.29 is 4.79 Å². The Morgan fingerprint density at radius 2 is 2.42 bits per heavy atom. The van der Waals surface area contributed by atoms with Gasteiger partial charge in [-0.25, -0.2) is 0 Å². The maximum absolute atomic E-state index is 11.2. The van der Waals surface area contributed by atoms with Crippen LogP contribution in [0, 0.1) is 11.5 Å². The predicted octanol–water partition coefficient (Wildman–Crippen LogP) is 0.561. The molecule has 1 atom stereocenters. The van der Waals surface area contributed by atoms with Gasteiger partial charge in [0.2, 0.25) is 0 Å². The second-order valence-electron chi connectivity index (χ2n) is 5.62. The smallest absolute Gasteiger partial charge is 0.268 e. The van der Waals surface area contributed by atoms with Crippen LogP contribution in [0.1, 0.15) is 29.8 Å². The summed E-state index contributed by atoms with van der Waals surface area (Å²) in [6.45, 7) is 4.25. The van der Waals surface area contributed by atoms with Crippen molar-refractivity contribution in [2.45, 2.75) is 19.3 Å². The van der Waals surface area contributed by atoms with E-state index in [-0.39, 0.29) is 5.69 Å². The van der Waals surface area contributed by atoms with Gasteiger partial charge in [-0.15, -0.1) is 0 Å². The summed E-state index contributed by atoms with van der Waals surface area (Å²) in [6.07, 6.45) is 5.34. The summed E-state index contributed by atoms with van der Waals surface area (Å²) in [5, 5.41) is 3.46. The van der Waals surface area contributed by atoms with E-state index in [0.29, 0.717) is 5.41 Å². The zero-order valence-corrected chi connectivity index (χ0v) is 11.0. The number of nitrogens with one attached hydrogen (secondary N) is 1. The first-order valence-electron chi connectivity index (χ1n) is 6.82. The summed E-state index contributed by atoms with van der Waals surface area (Å²) in [5.41, 5.74) is 6.82. The molecule has 19 heavy (non-hydrogen) atoms. The van der Waals surface area contributed by atoms with Gasteiger partial charge in [0.15, 0.2) is 0 Å². The van der Waals surface area contributed by atoms with E-state index in [2.05, 4.69) is 21.3 Å². The average Bonchev–Trinajstić information content (AvgIpc) is 2.87. The summed E-state index contributed by atoms with van der Waals surface area (Å²) < 4.78 is 0. The van der Waals surface area contributed by atoms with E-state index in [1.54, 1.807) is 6.20 Å². The molecule has 5 heteroatoms. The van der Waals surface area contributed by atoms with Gasteiger partial charge in [-0.1, -0.05) is 0 Å². The van der Waals surface area contributed by atoms with Crippen LogP contribution in [0.5, 0.6) is 0 Å². The molecule has 1 radical (unpaired) electrons. The van der Waals surface area contributed by atoms with Crippen LogP contribution in [0.15, 0.2) is 12.3 Å². The molecule has 0 bridgehead atoms. The highest BCUT2D eigenvalue weighted by atomic mass is 16.1. The van der Waals surface area contributed by atoms with Crippen molar-refractivity contribution >= 4 is 11.6 Å². The molecular formula is C14H19N4O. The van der Waals surface area contributed by atoms with E-state index in [1.807, 2.05) is 6.07 Å². The second-order valence-corrected chi connectivity index (χ2v) is 5.62. The van der Waals surface area contributed by atoms with E-state index >= 15 is 0 Å². The highest BCUT2D eigenvalue weighted by Crippen LogP contribution is 2.37. The van der Waals surface area contributed by atoms with Gasteiger partial charge in [-0.05, 0) is 31.9 Å². The third kappa shape index (κ3) is 2.42. The highest BCUT2D eigenvalue weighted by Gasteiger charge is 2.38. The minimum absolute atomic E-state index is 0.224. The fraction of sp³-hybridized carbons (Fsp3) is 0.571. The monoisotopic (exact) mass is 259 g/mol. The first-order chi connectivity index (χ1) is 9.19. The summed E-state index contributed by atoms with van der Waals surface area (Å²) in [6, 6.07) is 4.95. The normalized spacial score (nSPS) is 26.8. The van der Waals surface area contributed by atoms with Gasteiger partial charge in [-0.2, -0.15) is 0 Å². The first kappa shape index (κ1) is 12.4. The number of anilines is 1. The average molecular weight is 259 g/mol. The standard InChI is InChI=1S/C14H19N4O/c15-13(19)12-8-11(2-5-17-12)18-7-1-3-14(10-18)4-6-16-9-14/h2,5,16H,1,3-4,6-7,9-10H2,(H2,15,19). The highest BCUT2D eigenvalue weighted by molar-refractivity contribution is 5.91. The fourth-order valence-electron chi connectivity index (χ4n) is 3.24. The number of hydrogen-bond acceptors (Lipinski definition) is 4. The molecule has 101 valence electrons. The number of aromatic nitrogens is 1. The lowest BCUT2D eigenvalue weighted by molar-refractivity contribution is 0.0995. The van der Waals surface area contributed by atoms with Gasteiger partial charge in [-0.3, -0.25) is 9.78 Å². The minimum atomic E-state index is -0.517. The van der Waals surface area contributed by atoms with Crippen LogP contribution in [-0.2, 0) is 0 Å². The number of primary amides is 1. The lowest BCUT2D eigenvalue weighted by atomic mass is 9.79. The SMILES string of the molecule is NC(=O)c1[c]c(N2CCCC3(CCNC3)C2)ccn1. The molecule has 0 saturated carbocycles. The fourth-order valence-corrected chi connectivity index (χ4v) is 3.24. The second kappa shape index (κ2) is 4.81. The quantitative estimate of drug-likeness (QED) is 0.814. The minimum Gasteiger partial charge on any atom is -0.370 e. The Balaban J connectivity index is 1.81. The van der Waals surface area contributed by atoms with Gasteiger partial charge >= 0.3 is 0 Å². The molecule has 3 N–H and O–H groups in total. The Bertz CT molecular complexity index is 482. The van der Waals surface area contributed by atoms with Gasteiger partial charge in [0.25, 0.3) is 5.91 Å². The Morgan fingerprint density at radius 3 is 3.16 bits per heavy atom. The third-order valence-electron chi connectivity index (χ3n) is 4.25. The van der Waals surface area contributed by atoms with Crippen LogP contribution in [0.4, 0.5) is 5.69 Å². The van der Waals surface area contributed by atoms with Crippen molar-refractivity contribution in [1.29, 1.82) is 0 Å². The summed E-state index contributed by atoms with van der Waals surface area (Å²) in [4.78, 5) is 17.4. The van der Waals surface area contributed by atoms with Crippen molar-refractivity contribution in [3.63, 3.8) is 0 Å². The molecule has 2 fully saturated rings. The molecule has 2 aliphatic rings. The number of carbonyl (C=O) groups is 1. The number of nitrogens with zero attached hydrogens (tertiary/aromatic N) is 2. The maximum Gasteiger partial charge on any atom is 0.268 e. The molecule has 2 aliphatic heterocycles. The van der Waals surface area contributed by atoms with Crippen LogP contribution >= 0.6 is 0 Å². The number of amides is 1. The van der Waals surface area contributed by atoms with E-state index in [4.69, 9.17) is 5.73 Å². The first-order valence-corrected chi connectivity index (χ1v) is 6.82. The van der Waals surface area contributed by atoms with Crippen LogP contribution < -0.4 is 16.0 Å². The van der Waals surface area contributed by atoms with Crippen LogP contribution in [-0.4, -0.2) is 37.1 Å². The van der Waals surface area contributed by atoms with Gasteiger partial charge in [0.1, 0.15) is 5.69 Å². The Kier molecular flexibility index (Phi) is 3.14. The van der Waals surface area contributed by atoms with Crippen LogP contribution in [0.25, 0.3) is 0 Å².